The maximum Gasteiger partial charge on any atom is 0.255 e. The van der Waals surface area contributed by atoms with Crippen LogP contribution in [0.1, 0.15) is 36.0 Å². The van der Waals surface area contributed by atoms with E-state index in [1.807, 2.05) is 0 Å². The van der Waals surface area contributed by atoms with E-state index in [1.165, 1.54) is 12.8 Å². The number of ether oxygens (including phenoxy) is 2. The first-order valence-corrected chi connectivity index (χ1v) is 7.73. The summed E-state index contributed by atoms with van der Waals surface area (Å²) in [5.41, 5.74) is 0.514. The van der Waals surface area contributed by atoms with Gasteiger partial charge in [-0.3, -0.25) is 4.79 Å². The standard InChI is InChI=1S/C16H22ClNO3/c1-20-12-7-8-13(15(9-12)21-2)16(19)18-10-11-5-3-4-6-14(11)17/h7-9,11,14H,3-6,10H2,1-2H3,(H,18,19). The van der Waals surface area contributed by atoms with E-state index < -0.39 is 0 Å². The van der Waals surface area contributed by atoms with E-state index in [-0.39, 0.29) is 11.3 Å². The van der Waals surface area contributed by atoms with Gasteiger partial charge in [-0.05, 0) is 30.9 Å². The summed E-state index contributed by atoms with van der Waals surface area (Å²) in [7, 11) is 3.12. The van der Waals surface area contributed by atoms with Crippen LogP contribution in [0.2, 0.25) is 0 Å². The van der Waals surface area contributed by atoms with Crippen LogP contribution in [0.3, 0.4) is 0 Å². The van der Waals surface area contributed by atoms with Gasteiger partial charge in [0.1, 0.15) is 11.5 Å². The minimum atomic E-state index is -0.135. The summed E-state index contributed by atoms with van der Waals surface area (Å²) >= 11 is 6.32. The lowest BCUT2D eigenvalue weighted by molar-refractivity contribution is 0.0941. The summed E-state index contributed by atoms with van der Waals surface area (Å²) in [5.74, 6) is 1.40. The number of alkyl halides is 1. The quantitative estimate of drug-likeness (QED) is 0.849. The molecule has 1 amide bonds. The first kappa shape index (κ1) is 16.0. The zero-order valence-corrected chi connectivity index (χ0v) is 13.3. The van der Waals surface area contributed by atoms with Gasteiger partial charge in [0, 0.05) is 18.0 Å². The van der Waals surface area contributed by atoms with Gasteiger partial charge >= 0.3 is 0 Å². The number of nitrogens with one attached hydrogen (secondary N) is 1. The molecular formula is C16H22ClNO3. The van der Waals surface area contributed by atoms with E-state index in [1.54, 1.807) is 32.4 Å². The van der Waals surface area contributed by atoms with Gasteiger partial charge in [-0.1, -0.05) is 12.8 Å². The number of carbonyl (C=O) groups excluding carboxylic acids is 1. The van der Waals surface area contributed by atoms with Crippen molar-refractivity contribution in [3.05, 3.63) is 23.8 Å². The molecular weight excluding hydrogens is 290 g/mol. The number of methoxy groups -OCH3 is 2. The van der Waals surface area contributed by atoms with Crippen molar-refractivity contribution >= 4 is 17.5 Å². The van der Waals surface area contributed by atoms with E-state index >= 15 is 0 Å². The number of rotatable bonds is 5. The molecule has 0 radical (unpaired) electrons. The average molecular weight is 312 g/mol. The third-order valence-electron chi connectivity index (χ3n) is 3.99. The minimum Gasteiger partial charge on any atom is -0.497 e. The zero-order chi connectivity index (χ0) is 15.2. The fourth-order valence-corrected chi connectivity index (χ4v) is 3.07. The van der Waals surface area contributed by atoms with Crippen molar-refractivity contribution in [1.29, 1.82) is 0 Å². The molecule has 0 aliphatic heterocycles. The van der Waals surface area contributed by atoms with Crippen LogP contribution in [-0.2, 0) is 0 Å². The minimum absolute atomic E-state index is 0.135. The SMILES string of the molecule is COc1ccc(C(=O)NCC2CCCCC2Cl)c(OC)c1. The number of benzene rings is 1. The highest BCUT2D eigenvalue weighted by Crippen LogP contribution is 2.28. The number of halogens is 1. The van der Waals surface area contributed by atoms with Gasteiger partial charge in [0.2, 0.25) is 0 Å². The Morgan fingerprint density at radius 3 is 2.71 bits per heavy atom. The predicted molar refractivity (Wildman–Crippen MR) is 83.5 cm³/mol. The third-order valence-corrected chi connectivity index (χ3v) is 4.57. The Balaban J connectivity index is 1.99. The lowest BCUT2D eigenvalue weighted by atomic mass is 9.88. The van der Waals surface area contributed by atoms with Gasteiger partial charge in [-0.25, -0.2) is 0 Å². The molecule has 0 heterocycles. The van der Waals surface area contributed by atoms with Crippen LogP contribution >= 0.6 is 11.6 Å². The Kier molecular flexibility index (Phi) is 5.74. The van der Waals surface area contributed by atoms with Crippen molar-refractivity contribution in [2.75, 3.05) is 20.8 Å². The number of hydrogen-bond acceptors (Lipinski definition) is 3. The number of hydrogen-bond donors (Lipinski definition) is 1. The van der Waals surface area contributed by atoms with E-state index in [4.69, 9.17) is 21.1 Å². The molecule has 0 spiro atoms. The molecule has 4 nitrogen and oxygen atoms in total. The molecule has 1 aliphatic rings. The summed E-state index contributed by atoms with van der Waals surface area (Å²) in [6, 6.07) is 5.17. The van der Waals surface area contributed by atoms with E-state index in [0.717, 1.165) is 12.8 Å². The molecule has 1 aromatic carbocycles. The van der Waals surface area contributed by atoms with Crippen molar-refractivity contribution in [3.63, 3.8) is 0 Å². The van der Waals surface area contributed by atoms with Gasteiger partial charge in [0.15, 0.2) is 0 Å². The van der Waals surface area contributed by atoms with Gasteiger partial charge in [-0.15, -0.1) is 11.6 Å². The smallest absolute Gasteiger partial charge is 0.255 e. The summed E-state index contributed by atoms with van der Waals surface area (Å²) in [4.78, 5) is 12.3. The highest BCUT2D eigenvalue weighted by Gasteiger charge is 2.24. The molecule has 1 aliphatic carbocycles. The van der Waals surface area contributed by atoms with Crippen LogP contribution < -0.4 is 14.8 Å². The fraction of sp³-hybridized carbons (Fsp3) is 0.562. The van der Waals surface area contributed by atoms with E-state index in [2.05, 4.69) is 5.32 Å². The van der Waals surface area contributed by atoms with Crippen LogP contribution in [0, 0.1) is 5.92 Å². The lowest BCUT2D eigenvalue weighted by Gasteiger charge is -2.27. The second kappa shape index (κ2) is 7.55. The first-order valence-electron chi connectivity index (χ1n) is 7.30. The molecule has 5 heteroatoms. The Morgan fingerprint density at radius 1 is 1.29 bits per heavy atom. The Hall–Kier alpha value is -1.42. The molecule has 116 valence electrons. The molecule has 2 unspecified atom stereocenters. The summed E-state index contributed by atoms with van der Waals surface area (Å²) in [6.07, 6.45) is 4.49. The van der Waals surface area contributed by atoms with Crippen LogP contribution in [0.15, 0.2) is 18.2 Å². The van der Waals surface area contributed by atoms with Gasteiger partial charge in [0.25, 0.3) is 5.91 Å². The second-order valence-electron chi connectivity index (χ2n) is 5.34. The number of amides is 1. The molecule has 1 N–H and O–H groups in total. The molecule has 1 fully saturated rings. The van der Waals surface area contributed by atoms with Gasteiger partial charge in [0.05, 0.1) is 19.8 Å². The molecule has 21 heavy (non-hydrogen) atoms. The molecule has 2 atom stereocenters. The van der Waals surface area contributed by atoms with Crippen LogP contribution in [0.25, 0.3) is 0 Å². The van der Waals surface area contributed by atoms with Crippen molar-refractivity contribution in [2.24, 2.45) is 5.92 Å². The molecule has 0 bridgehead atoms. The molecule has 1 aromatic rings. The highest BCUT2D eigenvalue weighted by atomic mass is 35.5. The third kappa shape index (κ3) is 4.03. The van der Waals surface area contributed by atoms with Crippen molar-refractivity contribution in [1.82, 2.24) is 5.32 Å². The predicted octanol–water partition coefficient (Wildman–Crippen LogP) is 3.23. The van der Waals surface area contributed by atoms with E-state index in [0.29, 0.717) is 29.5 Å². The van der Waals surface area contributed by atoms with Crippen molar-refractivity contribution < 1.29 is 14.3 Å². The van der Waals surface area contributed by atoms with Gasteiger partial charge in [-0.2, -0.15) is 0 Å². The molecule has 2 rings (SSSR count). The monoisotopic (exact) mass is 311 g/mol. The van der Waals surface area contributed by atoms with Crippen LogP contribution in [0.5, 0.6) is 11.5 Å². The van der Waals surface area contributed by atoms with E-state index in [9.17, 15) is 4.79 Å². The van der Waals surface area contributed by atoms with Gasteiger partial charge < -0.3 is 14.8 Å². The lowest BCUT2D eigenvalue weighted by Crippen LogP contribution is -2.34. The fourth-order valence-electron chi connectivity index (χ4n) is 2.70. The van der Waals surface area contributed by atoms with Crippen molar-refractivity contribution in [2.45, 2.75) is 31.1 Å². The maximum atomic E-state index is 12.3. The summed E-state index contributed by atoms with van der Waals surface area (Å²) < 4.78 is 10.4. The van der Waals surface area contributed by atoms with Crippen LogP contribution in [0.4, 0.5) is 0 Å². The summed E-state index contributed by atoms with van der Waals surface area (Å²) in [6.45, 7) is 0.613. The maximum absolute atomic E-state index is 12.3. The largest absolute Gasteiger partial charge is 0.497 e. The Labute approximate surface area is 130 Å². The Bertz CT molecular complexity index is 492. The zero-order valence-electron chi connectivity index (χ0n) is 12.5. The molecule has 0 saturated heterocycles. The average Bonchev–Trinajstić information content (AvgIpc) is 2.53. The second-order valence-corrected chi connectivity index (χ2v) is 5.90. The summed E-state index contributed by atoms with van der Waals surface area (Å²) in [5, 5.41) is 3.13. The Morgan fingerprint density at radius 2 is 2.05 bits per heavy atom. The highest BCUT2D eigenvalue weighted by molar-refractivity contribution is 6.20. The first-order chi connectivity index (χ1) is 10.2. The number of carbonyl (C=O) groups is 1. The molecule has 1 saturated carbocycles. The molecule has 0 aromatic heterocycles. The normalized spacial score (nSPS) is 21.7. The van der Waals surface area contributed by atoms with Crippen molar-refractivity contribution in [3.8, 4) is 11.5 Å². The van der Waals surface area contributed by atoms with Crippen LogP contribution in [-0.4, -0.2) is 32.0 Å². The topological polar surface area (TPSA) is 47.6 Å².